The number of nitrogens with zero attached hydrogens (tertiary/aromatic N) is 3. The molecule has 5 heteroatoms. The lowest BCUT2D eigenvalue weighted by Crippen LogP contribution is -2.28. The van der Waals surface area contributed by atoms with Gasteiger partial charge in [-0.25, -0.2) is 9.98 Å². The van der Waals surface area contributed by atoms with E-state index in [1.54, 1.807) is 4.90 Å². The first-order chi connectivity index (χ1) is 11.6. The number of hydrogen-bond acceptors (Lipinski definition) is 4. The van der Waals surface area contributed by atoms with Gasteiger partial charge in [0, 0.05) is 12.2 Å². The van der Waals surface area contributed by atoms with Gasteiger partial charge in [-0.3, -0.25) is 9.69 Å². The number of pyridine rings is 1. The first-order valence-corrected chi connectivity index (χ1v) is 8.69. The van der Waals surface area contributed by atoms with Gasteiger partial charge >= 0.3 is 0 Å². The number of hydrogen-bond donors (Lipinski definition) is 0. The van der Waals surface area contributed by atoms with E-state index in [1.807, 2.05) is 69.3 Å². The van der Waals surface area contributed by atoms with Crippen LogP contribution in [0.25, 0.3) is 6.08 Å². The van der Waals surface area contributed by atoms with E-state index in [9.17, 15) is 4.79 Å². The van der Waals surface area contributed by atoms with Gasteiger partial charge < -0.3 is 0 Å². The van der Waals surface area contributed by atoms with Crippen molar-refractivity contribution in [1.29, 1.82) is 0 Å². The van der Waals surface area contributed by atoms with E-state index in [0.717, 1.165) is 11.3 Å². The summed E-state index contributed by atoms with van der Waals surface area (Å²) in [6.45, 7) is 6.51. The van der Waals surface area contributed by atoms with Crippen molar-refractivity contribution in [3.63, 3.8) is 0 Å². The Morgan fingerprint density at radius 1 is 1.17 bits per heavy atom. The van der Waals surface area contributed by atoms with Crippen molar-refractivity contribution < 1.29 is 4.79 Å². The van der Waals surface area contributed by atoms with Gasteiger partial charge in [0.1, 0.15) is 0 Å². The van der Waals surface area contributed by atoms with Crippen molar-refractivity contribution in [2.45, 2.75) is 20.8 Å². The van der Waals surface area contributed by atoms with Gasteiger partial charge in [-0.2, -0.15) is 0 Å². The number of carbonyl (C=O) groups is 1. The minimum absolute atomic E-state index is 0.00511. The Morgan fingerprint density at radius 3 is 2.58 bits per heavy atom. The second-order valence-corrected chi connectivity index (χ2v) is 6.61. The highest BCUT2D eigenvalue weighted by atomic mass is 32.2. The molecule has 1 aromatic carbocycles. The summed E-state index contributed by atoms with van der Waals surface area (Å²) in [7, 11) is 0. The van der Waals surface area contributed by atoms with Crippen LogP contribution in [-0.2, 0) is 4.79 Å². The smallest absolute Gasteiger partial charge is 0.266 e. The third-order valence-corrected chi connectivity index (χ3v) is 4.67. The fraction of sp³-hybridized carbons (Fsp3) is 0.211. The number of carbonyl (C=O) groups excluding carboxylic acids is 1. The first kappa shape index (κ1) is 16.5. The number of aromatic nitrogens is 1. The van der Waals surface area contributed by atoms with Gasteiger partial charge in [0.15, 0.2) is 11.0 Å². The lowest BCUT2D eigenvalue weighted by atomic mass is 10.1. The van der Waals surface area contributed by atoms with E-state index in [4.69, 9.17) is 0 Å². The topological polar surface area (TPSA) is 45.6 Å². The van der Waals surface area contributed by atoms with Crippen LogP contribution in [0, 0.1) is 13.8 Å². The number of rotatable bonds is 3. The Kier molecular flexibility index (Phi) is 4.81. The highest BCUT2D eigenvalue weighted by Crippen LogP contribution is 2.33. The van der Waals surface area contributed by atoms with Crippen LogP contribution in [-0.4, -0.2) is 27.5 Å². The molecule has 1 fully saturated rings. The summed E-state index contributed by atoms with van der Waals surface area (Å²) in [5.74, 6) is 0.620. The molecular formula is C19H19N3OS. The molecule has 0 saturated carbocycles. The minimum Gasteiger partial charge on any atom is -0.287 e. The Balaban J connectivity index is 1.92. The summed E-state index contributed by atoms with van der Waals surface area (Å²) in [6.07, 6.45) is 1.92. The average Bonchev–Trinajstić information content (AvgIpc) is 2.84. The Labute approximate surface area is 146 Å². The lowest BCUT2D eigenvalue weighted by molar-refractivity contribution is -0.122. The summed E-state index contributed by atoms with van der Waals surface area (Å²) in [4.78, 5) is 23.9. The molecule has 1 aromatic heterocycles. The first-order valence-electron chi connectivity index (χ1n) is 7.87. The van der Waals surface area contributed by atoms with Crippen LogP contribution < -0.4 is 0 Å². The molecule has 3 rings (SSSR count). The molecule has 1 amide bonds. The van der Waals surface area contributed by atoms with Crippen LogP contribution in [0.3, 0.4) is 0 Å². The number of aliphatic imine (C=N–C) groups is 1. The number of benzene rings is 1. The molecule has 0 unspecified atom stereocenters. The fourth-order valence-corrected chi connectivity index (χ4v) is 3.42. The Morgan fingerprint density at radius 2 is 1.92 bits per heavy atom. The van der Waals surface area contributed by atoms with Crippen LogP contribution in [0.1, 0.15) is 23.7 Å². The third-order valence-electron chi connectivity index (χ3n) is 3.66. The van der Waals surface area contributed by atoms with Gasteiger partial charge in [0.05, 0.1) is 4.91 Å². The van der Waals surface area contributed by atoms with Crippen molar-refractivity contribution in [3.8, 4) is 0 Å². The zero-order valence-corrected chi connectivity index (χ0v) is 14.8. The zero-order chi connectivity index (χ0) is 17.1. The molecule has 24 heavy (non-hydrogen) atoms. The lowest BCUT2D eigenvalue weighted by Gasteiger charge is -2.11. The molecule has 4 nitrogen and oxygen atoms in total. The van der Waals surface area contributed by atoms with Gasteiger partial charge in [0.25, 0.3) is 5.91 Å². The zero-order valence-electron chi connectivity index (χ0n) is 14.0. The van der Waals surface area contributed by atoms with Crippen molar-refractivity contribution in [1.82, 2.24) is 9.88 Å². The van der Waals surface area contributed by atoms with Gasteiger partial charge in [-0.05, 0) is 56.3 Å². The number of amidine groups is 1. The van der Waals surface area contributed by atoms with E-state index in [1.165, 1.54) is 17.3 Å². The molecule has 2 heterocycles. The maximum atomic E-state index is 12.6. The molecule has 2 aromatic rings. The molecule has 0 spiro atoms. The number of aryl methyl sites for hydroxylation is 2. The predicted octanol–water partition coefficient (Wildman–Crippen LogP) is 4.32. The molecule has 0 radical (unpaired) electrons. The van der Waals surface area contributed by atoms with E-state index >= 15 is 0 Å². The van der Waals surface area contributed by atoms with Crippen LogP contribution in [0.4, 0.5) is 5.82 Å². The molecular weight excluding hydrogens is 318 g/mol. The van der Waals surface area contributed by atoms with Crippen LogP contribution in [0.2, 0.25) is 0 Å². The molecule has 0 N–H and O–H groups in total. The average molecular weight is 337 g/mol. The van der Waals surface area contributed by atoms with Crippen molar-refractivity contribution >= 4 is 34.7 Å². The van der Waals surface area contributed by atoms with Crippen LogP contribution in [0.5, 0.6) is 0 Å². The van der Waals surface area contributed by atoms with Crippen molar-refractivity contribution in [3.05, 3.63) is 64.2 Å². The summed E-state index contributed by atoms with van der Waals surface area (Å²) in [6, 6.07) is 13.8. The molecule has 1 aliphatic heterocycles. The Bertz CT molecular complexity index is 825. The predicted molar refractivity (Wildman–Crippen MR) is 100 cm³/mol. The monoisotopic (exact) mass is 337 g/mol. The second-order valence-electron chi connectivity index (χ2n) is 5.60. The highest BCUT2D eigenvalue weighted by molar-refractivity contribution is 8.18. The maximum Gasteiger partial charge on any atom is 0.266 e. The minimum atomic E-state index is -0.00511. The molecule has 1 aliphatic rings. The van der Waals surface area contributed by atoms with E-state index in [2.05, 4.69) is 9.98 Å². The molecule has 1 saturated heterocycles. The van der Waals surface area contributed by atoms with Gasteiger partial charge in [-0.1, -0.05) is 35.9 Å². The van der Waals surface area contributed by atoms with Gasteiger partial charge in [-0.15, -0.1) is 0 Å². The Hall–Kier alpha value is -2.40. The highest BCUT2D eigenvalue weighted by Gasteiger charge is 2.32. The summed E-state index contributed by atoms with van der Waals surface area (Å²) in [5, 5.41) is 0.680. The van der Waals surface area contributed by atoms with Gasteiger partial charge in [0.2, 0.25) is 0 Å². The summed E-state index contributed by atoms with van der Waals surface area (Å²) in [5.41, 5.74) is 3.12. The van der Waals surface area contributed by atoms with Crippen LogP contribution in [0.15, 0.2) is 52.4 Å². The maximum absolute atomic E-state index is 12.6. The quantitative estimate of drug-likeness (QED) is 0.784. The SMILES string of the molecule is CCN1C(=O)/C(=C/c2ccc(C)cc2)S/C1=N/c1cccc(C)n1. The molecule has 0 atom stereocenters. The number of likely N-dealkylation sites (N-methyl/N-ethyl adjacent to an activating group) is 1. The van der Waals surface area contributed by atoms with Crippen molar-refractivity contribution in [2.75, 3.05) is 6.54 Å². The largest absolute Gasteiger partial charge is 0.287 e. The number of thioether (sulfide) groups is 1. The molecule has 0 bridgehead atoms. The standard InChI is InChI=1S/C19H19N3OS/c1-4-22-18(23)16(12-15-10-8-13(2)9-11-15)24-19(22)21-17-7-5-6-14(3)20-17/h5-12H,4H2,1-3H3/b16-12-,21-19+. The normalized spacial score (nSPS) is 18.0. The molecule has 0 aliphatic carbocycles. The summed E-state index contributed by atoms with van der Waals surface area (Å²) >= 11 is 1.40. The fourth-order valence-electron chi connectivity index (χ4n) is 2.37. The van der Waals surface area contributed by atoms with E-state index in [-0.39, 0.29) is 5.91 Å². The van der Waals surface area contributed by atoms with E-state index in [0.29, 0.717) is 22.4 Å². The van der Waals surface area contributed by atoms with Crippen LogP contribution >= 0.6 is 11.8 Å². The molecule has 122 valence electrons. The summed E-state index contributed by atoms with van der Waals surface area (Å²) < 4.78 is 0. The van der Waals surface area contributed by atoms with Crippen molar-refractivity contribution in [2.24, 2.45) is 4.99 Å². The third kappa shape index (κ3) is 3.57. The number of amides is 1. The second kappa shape index (κ2) is 7.01. The van der Waals surface area contributed by atoms with E-state index < -0.39 is 0 Å².